The zero-order valence-corrected chi connectivity index (χ0v) is 15.9. The van der Waals surface area contributed by atoms with Crippen LogP contribution in [0.1, 0.15) is 17.4 Å². The van der Waals surface area contributed by atoms with E-state index in [4.69, 9.17) is 4.74 Å². The smallest absolute Gasteiger partial charge is 0.218 e. The molecule has 120 valence electrons. The summed E-state index contributed by atoms with van der Waals surface area (Å²) in [5.74, 6) is 1.43. The van der Waals surface area contributed by atoms with Crippen molar-refractivity contribution in [2.75, 3.05) is 13.7 Å². The molecule has 0 radical (unpaired) electrons. The van der Waals surface area contributed by atoms with Crippen molar-refractivity contribution in [2.24, 2.45) is 4.99 Å². The van der Waals surface area contributed by atoms with Gasteiger partial charge in [0.05, 0.1) is 13.2 Å². The van der Waals surface area contributed by atoms with Crippen LogP contribution >= 0.6 is 35.3 Å². The highest BCUT2D eigenvalue weighted by Crippen LogP contribution is 2.13. The normalized spacial score (nSPS) is 10.7. The highest BCUT2D eigenvalue weighted by atomic mass is 127. The number of aliphatic imine (C=N–C) groups is 1. The second-order valence-corrected chi connectivity index (χ2v) is 5.29. The zero-order valence-electron chi connectivity index (χ0n) is 12.7. The molecule has 0 spiro atoms. The van der Waals surface area contributed by atoms with E-state index in [1.807, 2.05) is 25.1 Å². The Morgan fingerprint density at radius 1 is 1.27 bits per heavy atom. The third-order valence-electron chi connectivity index (χ3n) is 2.81. The first-order valence-corrected chi connectivity index (χ1v) is 7.75. The van der Waals surface area contributed by atoms with Crippen LogP contribution in [0.15, 0.2) is 40.8 Å². The number of nitrogens with zero attached hydrogens (tertiary/aromatic N) is 2. The van der Waals surface area contributed by atoms with Crippen molar-refractivity contribution in [3.63, 3.8) is 0 Å². The number of rotatable bonds is 6. The monoisotopic (exact) mass is 432 g/mol. The third-order valence-corrected chi connectivity index (χ3v) is 3.69. The summed E-state index contributed by atoms with van der Waals surface area (Å²) in [5.41, 5.74) is 1.01. The molecule has 7 heteroatoms. The lowest BCUT2D eigenvalue weighted by Gasteiger charge is -2.13. The Hall–Kier alpha value is -1.35. The van der Waals surface area contributed by atoms with Crippen LogP contribution in [0, 0.1) is 0 Å². The van der Waals surface area contributed by atoms with Gasteiger partial charge in [-0.1, -0.05) is 12.1 Å². The van der Waals surface area contributed by atoms with Crippen LogP contribution in [-0.2, 0) is 13.1 Å². The van der Waals surface area contributed by atoms with Gasteiger partial charge < -0.3 is 15.4 Å². The molecule has 2 aromatic rings. The van der Waals surface area contributed by atoms with Crippen molar-refractivity contribution in [1.29, 1.82) is 0 Å². The predicted octanol–water partition coefficient (Wildman–Crippen LogP) is 3.03. The maximum absolute atomic E-state index is 5.51. The van der Waals surface area contributed by atoms with Gasteiger partial charge in [-0.05, 0) is 24.4 Å². The molecule has 0 aliphatic carbocycles. The van der Waals surface area contributed by atoms with E-state index < -0.39 is 0 Å². The molecule has 0 aliphatic rings. The second-order valence-electron chi connectivity index (χ2n) is 4.26. The summed E-state index contributed by atoms with van der Waals surface area (Å²) in [6.07, 6.45) is 1.73. The molecule has 0 aromatic carbocycles. The quantitative estimate of drug-likeness (QED) is 0.419. The number of ether oxygens (including phenoxy) is 1. The SMILES string of the molecule is CCOc1ncccc1CNC(=NC)NCc1cccs1.I. The fourth-order valence-corrected chi connectivity index (χ4v) is 2.45. The highest BCUT2D eigenvalue weighted by Gasteiger charge is 2.05. The molecular weight excluding hydrogens is 411 g/mol. The zero-order chi connectivity index (χ0) is 14.9. The molecule has 0 amide bonds. The van der Waals surface area contributed by atoms with Crippen molar-refractivity contribution in [2.45, 2.75) is 20.0 Å². The Morgan fingerprint density at radius 2 is 2.09 bits per heavy atom. The van der Waals surface area contributed by atoms with Crippen LogP contribution in [-0.4, -0.2) is 24.6 Å². The van der Waals surface area contributed by atoms with Crippen LogP contribution < -0.4 is 15.4 Å². The lowest BCUT2D eigenvalue weighted by Crippen LogP contribution is -2.36. The van der Waals surface area contributed by atoms with Crippen molar-refractivity contribution in [3.05, 3.63) is 46.3 Å². The number of thiophene rings is 1. The Balaban J connectivity index is 0.00000242. The molecule has 5 nitrogen and oxygen atoms in total. The lowest BCUT2D eigenvalue weighted by molar-refractivity contribution is 0.322. The summed E-state index contributed by atoms with van der Waals surface area (Å²) in [6.45, 7) is 3.94. The number of hydrogen-bond acceptors (Lipinski definition) is 4. The summed E-state index contributed by atoms with van der Waals surface area (Å²) >= 11 is 1.72. The average molecular weight is 432 g/mol. The van der Waals surface area contributed by atoms with E-state index in [-0.39, 0.29) is 24.0 Å². The van der Waals surface area contributed by atoms with Gasteiger partial charge in [-0.25, -0.2) is 4.98 Å². The van der Waals surface area contributed by atoms with E-state index in [0.29, 0.717) is 19.0 Å². The molecule has 2 aromatic heterocycles. The molecule has 2 heterocycles. The molecule has 0 bridgehead atoms. The molecule has 0 fully saturated rings. The molecular formula is C15H21IN4OS. The number of nitrogens with one attached hydrogen (secondary N) is 2. The molecule has 0 atom stereocenters. The molecule has 2 N–H and O–H groups in total. The van der Waals surface area contributed by atoms with Crippen LogP contribution in [0.4, 0.5) is 0 Å². The van der Waals surface area contributed by atoms with Gasteiger partial charge in [-0.3, -0.25) is 4.99 Å². The minimum absolute atomic E-state index is 0. The Bertz CT molecular complexity index is 575. The van der Waals surface area contributed by atoms with Crippen molar-refractivity contribution < 1.29 is 4.74 Å². The van der Waals surface area contributed by atoms with Gasteiger partial charge in [0, 0.05) is 30.2 Å². The van der Waals surface area contributed by atoms with Crippen molar-refractivity contribution in [3.8, 4) is 5.88 Å². The Morgan fingerprint density at radius 3 is 2.77 bits per heavy atom. The second kappa shape index (κ2) is 10.4. The largest absolute Gasteiger partial charge is 0.478 e. The first-order chi connectivity index (χ1) is 10.3. The summed E-state index contributed by atoms with van der Waals surface area (Å²) in [4.78, 5) is 9.73. The number of hydrogen-bond donors (Lipinski definition) is 2. The summed E-state index contributed by atoms with van der Waals surface area (Å²) in [5, 5.41) is 8.62. The Labute approximate surface area is 152 Å². The highest BCUT2D eigenvalue weighted by molar-refractivity contribution is 14.0. The molecule has 0 saturated carbocycles. The van der Waals surface area contributed by atoms with Crippen LogP contribution in [0.5, 0.6) is 5.88 Å². The fraction of sp³-hybridized carbons (Fsp3) is 0.333. The third kappa shape index (κ3) is 5.80. The molecule has 22 heavy (non-hydrogen) atoms. The average Bonchev–Trinajstić information content (AvgIpc) is 3.02. The number of pyridine rings is 1. The first-order valence-electron chi connectivity index (χ1n) is 6.87. The van der Waals surface area contributed by atoms with Crippen LogP contribution in [0.3, 0.4) is 0 Å². The molecule has 0 aliphatic heterocycles. The Kier molecular flexibility index (Phi) is 8.83. The number of guanidine groups is 1. The predicted molar refractivity (Wildman–Crippen MR) is 102 cm³/mol. The molecule has 2 rings (SSSR count). The van der Waals surface area contributed by atoms with Gasteiger partial charge in [0.15, 0.2) is 5.96 Å². The van der Waals surface area contributed by atoms with E-state index >= 15 is 0 Å². The van der Waals surface area contributed by atoms with Crippen LogP contribution in [0.25, 0.3) is 0 Å². The lowest BCUT2D eigenvalue weighted by atomic mass is 10.2. The molecule has 0 saturated heterocycles. The van der Waals surface area contributed by atoms with E-state index in [2.05, 4.69) is 32.1 Å². The standard InChI is InChI=1S/C15H20N4OS.HI/c1-3-20-14-12(6-4-8-17-14)10-18-15(16-2)19-11-13-7-5-9-21-13;/h4-9H,3,10-11H2,1-2H3,(H2,16,18,19);1H. The summed E-state index contributed by atoms with van der Waals surface area (Å²) in [6, 6.07) is 8.04. The van der Waals surface area contributed by atoms with E-state index in [9.17, 15) is 0 Å². The maximum Gasteiger partial charge on any atom is 0.218 e. The topological polar surface area (TPSA) is 58.5 Å². The molecule has 0 unspecified atom stereocenters. The van der Waals surface area contributed by atoms with E-state index in [1.165, 1.54) is 4.88 Å². The van der Waals surface area contributed by atoms with Gasteiger partial charge in [-0.2, -0.15) is 0 Å². The maximum atomic E-state index is 5.51. The van der Waals surface area contributed by atoms with Gasteiger partial charge in [0.2, 0.25) is 5.88 Å². The minimum atomic E-state index is 0. The van der Waals surface area contributed by atoms with Crippen molar-refractivity contribution in [1.82, 2.24) is 15.6 Å². The van der Waals surface area contributed by atoms with E-state index in [0.717, 1.165) is 18.1 Å². The van der Waals surface area contributed by atoms with Gasteiger partial charge in [0.25, 0.3) is 0 Å². The summed E-state index contributed by atoms with van der Waals surface area (Å²) in [7, 11) is 1.76. The minimum Gasteiger partial charge on any atom is -0.478 e. The van der Waals surface area contributed by atoms with Crippen molar-refractivity contribution >= 4 is 41.3 Å². The van der Waals surface area contributed by atoms with Gasteiger partial charge in [-0.15, -0.1) is 35.3 Å². The van der Waals surface area contributed by atoms with Gasteiger partial charge >= 0.3 is 0 Å². The fourth-order valence-electron chi connectivity index (χ4n) is 1.81. The summed E-state index contributed by atoms with van der Waals surface area (Å²) < 4.78 is 5.51. The number of aromatic nitrogens is 1. The first kappa shape index (κ1) is 18.7. The number of halogens is 1. The van der Waals surface area contributed by atoms with E-state index in [1.54, 1.807) is 24.6 Å². The van der Waals surface area contributed by atoms with Crippen LogP contribution in [0.2, 0.25) is 0 Å². The van der Waals surface area contributed by atoms with Gasteiger partial charge in [0.1, 0.15) is 0 Å².